The Bertz CT molecular complexity index is 916. The van der Waals surface area contributed by atoms with Gasteiger partial charge in [0.1, 0.15) is 5.82 Å². The number of benzene rings is 2. The predicted octanol–water partition coefficient (Wildman–Crippen LogP) is 3.97. The summed E-state index contributed by atoms with van der Waals surface area (Å²) in [6.45, 7) is 1.83. The Labute approximate surface area is 164 Å². The second-order valence-corrected chi connectivity index (χ2v) is 7.80. The number of piperidine rings is 1. The number of hydrogen-bond acceptors (Lipinski definition) is 2. The highest BCUT2D eigenvalue weighted by Crippen LogP contribution is 2.39. The van der Waals surface area contributed by atoms with Gasteiger partial charge < -0.3 is 15.1 Å². The molecular formula is C22H24FN3O2. The van der Waals surface area contributed by atoms with Crippen LogP contribution in [0.4, 0.5) is 14.9 Å². The average molecular weight is 381 g/mol. The summed E-state index contributed by atoms with van der Waals surface area (Å²) >= 11 is 0. The van der Waals surface area contributed by atoms with Crippen molar-refractivity contribution in [3.63, 3.8) is 0 Å². The van der Waals surface area contributed by atoms with Gasteiger partial charge in [-0.1, -0.05) is 24.3 Å². The van der Waals surface area contributed by atoms with Crippen LogP contribution in [0.15, 0.2) is 48.5 Å². The van der Waals surface area contributed by atoms with Crippen LogP contribution in [0.3, 0.4) is 0 Å². The van der Waals surface area contributed by atoms with E-state index in [9.17, 15) is 14.0 Å². The first-order valence-electron chi connectivity index (χ1n) is 9.64. The van der Waals surface area contributed by atoms with Gasteiger partial charge in [0.15, 0.2) is 0 Å². The summed E-state index contributed by atoms with van der Waals surface area (Å²) in [5, 5.41) is 2.93. The lowest BCUT2D eigenvalue weighted by atomic mass is 9.78. The standard InChI is InChI=1S/C22H24FN3O2/c1-25-11-4-9-22(20(25)27)10-12-26(15-22)21(28)24-19-8-3-6-17(14-19)16-5-2-7-18(23)13-16/h2-3,5-8,13-14H,4,9-12,15H2,1H3,(H,24,28)/t22-/m1/s1. The van der Waals surface area contributed by atoms with E-state index < -0.39 is 5.41 Å². The fourth-order valence-electron chi connectivity index (χ4n) is 4.34. The smallest absolute Gasteiger partial charge is 0.321 e. The molecule has 4 rings (SSSR count). The maximum Gasteiger partial charge on any atom is 0.321 e. The highest BCUT2D eigenvalue weighted by Gasteiger charge is 2.48. The van der Waals surface area contributed by atoms with Crippen molar-refractivity contribution < 1.29 is 14.0 Å². The number of rotatable bonds is 2. The molecule has 2 aromatic carbocycles. The molecule has 0 unspecified atom stereocenters. The molecule has 28 heavy (non-hydrogen) atoms. The van der Waals surface area contributed by atoms with E-state index >= 15 is 0 Å². The van der Waals surface area contributed by atoms with Crippen LogP contribution >= 0.6 is 0 Å². The molecule has 1 spiro atoms. The molecule has 2 saturated heterocycles. The number of anilines is 1. The van der Waals surface area contributed by atoms with E-state index in [1.54, 1.807) is 15.9 Å². The van der Waals surface area contributed by atoms with Crippen LogP contribution in [-0.4, -0.2) is 48.4 Å². The second-order valence-electron chi connectivity index (χ2n) is 7.80. The summed E-state index contributed by atoms with van der Waals surface area (Å²) in [5.74, 6) is -0.140. The monoisotopic (exact) mass is 381 g/mol. The first-order chi connectivity index (χ1) is 13.5. The average Bonchev–Trinajstić information content (AvgIpc) is 3.12. The zero-order valence-electron chi connectivity index (χ0n) is 16.0. The summed E-state index contributed by atoms with van der Waals surface area (Å²) in [6.07, 6.45) is 2.54. The largest absolute Gasteiger partial charge is 0.345 e. The summed E-state index contributed by atoms with van der Waals surface area (Å²) < 4.78 is 13.5. The summed E-state index contributed by atoms with van der Waals surface area (Å²) in [6, 6.07) is 13.5. The van der Waals surface area contributed by atoms with Crippen molar-refractivity contribution in [3.05, 3.63) is 54.3 Å². The molecular weight excluding hydrogens is 357 g/mol. The van der Waals surface area contributed by atoms with Crippen LogP contribution in [0.1, 0.15) is 19.3 Å². The van der Waals surface area contributed by atoms with Gasteiger partial charge in [0.05, 0.1) is 5.41 Å². The maximum atomic E-state index is 13.5. The van der Waals surface area contributed by atoms with E-state index in [0.29, 0.717) is 25.2 Å². The third-order valence-electron chi connectivity index (χ3n) is 5.86. The molecule has 2 aromatic rings. The number of nitrogens with one attached hydrogen (secondary N) is 1. The molecule has 0 bridgehead atoms. The molecule has 2 aliphatic rings. The minimum atomic E-state index is -0.423. The Kier molecular flexibility index (Phi) is 4.79. The molecule has 0 saturated carbocycles. The summed E-state index contributed by atoms with van der Waals surface area (Å²) in [4.78, 5) is 28.9. The molecule has 1 N–H and O–H groups in total. The molecule has 146 valence electrons. The predicted molar refractivity (Wildman–Crippen MR) is 106 cm³/mol. The summed E-state index contributed by atoms with van der Waals surface area (Å²) in [5.41, 5.74) is 1.82. The van der Waals surface area contributed by atoms with Crippen molar-refractivity contribution in [2.75, 3.05) is 32.0 Å². The Morgan fingerprint density at radius 1 is 1.07 bits per heavy atom. The molecule has 0 aromatic heterocycles. The first-order valence-corrected chi connectivity index (χ1v) is 9.64. The maximum absolute atomic E-state index is 13.5. The molecule has 0 aliphatic carbocycles. The number of halogens is 1. The van der Waals surface area contributed by atoms with Gasteiger partial charge in [-0.25, -0.2) is 9.18 Å². The Morgan fingerprint density at radius 2 is 1.82 bits per heavy atom. The lowest BCUT2D eigenvalue weighted by molar-refractivity contribution is -0.143. The van der Waals surface area contributed by atoms with Gasteiger partial charge in [-0.05, 0) is 54.7 Å². The quantitative estimate of drug-likeness (QED) is 0.856. The normalized spacial score (nSPS) is 22.0. The molecule has 6 heteroatoms. The van der Waals surface area contributed by atoms with Crippen LogP contribution in [0.5, 0.6) is 0 Å². The number of urea groups is 1. The van der Waals surface area contributed by atoms with E-state index in [1.807, 2.05) is 37.4 Å². The number of amides is 3. The molecule has 2 heterocycles. The van der Waals surface area contributed by atoms with Crippen LogP contribution in [0, 0.1) is 11.2 Å². The summed E-state index contributed by atoms with van der Waals surface area (Å²) in [7, 11) is 1.84. The third-order valence-corrected chi connectivity index (χ3v) is 5.86. The molecule has 3 amide bonds. The molecule has 2 aliphatic heterocycles. The number of carbonyl (C=O) groups excluding carboxylic acids is 2. The lowest BCUT2D eigenvalue weighted by Crippen LogP contribution is -2.49. The fraction of sp³-hybridized carbons (Fsp3) is 0.364. The van der Waals surface area contributed by atoms with Crippen LogP contribution < -0.4 is 5.32 Å². The van der Waals surface area contributed by atoms with Crippen LogP contribution in [0.25, 0.3) is 11.1 Å². The van der Waals surface area contributed by atoms with Gasteiger partial charge >= 0.3 is 6.03 Å². The van der Waals surface area contributed by atoms with Gasteiger partial charge in [-0.3, -0.25) is 4.79 Å². The lowest BCUT2D eigenvalue weighted by Gasteiger charge is -2.37. The van der Waals surface area contributed by atoms with E-state index in [0.717, 1.165) is 30.5 Å². The van der Waals surface area contributed by atoms with E-state index in [1.165, 1.54) is 12.1 Å². The number of hydrogen-bond donors (Lipinski definition) is 1. The Balaban J connectivity index is 1.46. The molecule has 1 atom stereocenters. The molecule has 0 radical (unpaired) electrons. The highest BCUT2D eigenvalue weighted by atomic mass is 19.1. The van der Waals surface area contributed by atoms with Crippen molar-refractivity contribution in [2.45, 2.75) is 19.3 Å². The minimum Gasteiger partial charge on any atom is -0.345 e. The topological polar surface area (TPSA) is 52.6 Å². The number of carbonyl (C=O) groups is 2. The Morgan fingerprint density at radius 3 is 2.61 bits per heavy atom. The second kappa shape index (κ2) is 7.26. The van der Waals surface area contributed by atoms with Gasteiger partial charge in [-0.15, -0.1) is 0 Å². The first kappa shape index (κ1) is 18.5. The highest BCUT2D eigenvalue weighted by molar-refractivity contribution is 5.92. The molecule has 5 nitrogen and oxygen atoms in total. The Hall–Kier alpha value is -2.89. The SMILES string of the molecule is CN1CCC[C@]2(CCN(C(=O)Nc3cccc(-c4cccc(F)c4)c3)C2)C1=O. The van der Waals surface area contributed by atoms with Crippen molar-refractivity contribution in [1.82, 2.24) is 9.80 Å². The third kappa shape index (κ3) is 3.46. The zero-order valence-corrected chi connectivity index (χ0v) is 16.0. The fourth-order valence-corrected chi connectivity index (χ4v) is 4.34. The number of likely N-dealkylation sites (tertiary alicyclic amines) is 2. The van der Waals surface area contributed by atoms with E-state index in [-0.39, 0.29) is 17.8 Å². The van der Waals surface area contributed by atoms with Gasteiger partial charge in [0.25, 0.3) is 0 Å². The minimum absolute atomic E-state index is 0.155. The van der Waals surface area contributed by atoms with E-state index in [4.69, 9.17) is 0 Å². The van der Waals surface area contributed by atoms with Gasteiger partial charge in [-0.2, -0.15) is 0 Å². The van der Waals surface area contributed by atoms with E-state index in [2.05, 4.69) is 5.32 Å². The van der Waals surface area contributed by atoms with Crippen LogP contribution in [0.2, 0.25) is 0 Å². The number of nitrogens with zero attached hydrogens (tertiary/aromatic N) is 2. The van der Waals surface area contributed by atoms with Crippen molar-refractivity contribution >= 4 is 17.6 Å². The van der Waals surface area contributed by atoms with Crippen molar-refractivity contribution in [3.8, 4) is 11.1 Å². The van der Waals surface area contributed by atoms with Gasteiger partial charge in [0, 0.05) is 32.4 Å². The van der Waals surface area contributed by atoms with Crippen molar-refractivity contribution in [1.29, 1.82) is 0 Å². The zero-order chi connectivity index (χ0) is 19.7. The van der Waals surface area contributed by atoms with Crippen LogP contribution in [-0.2, 0) is 4.79 Å². The molecule has 2 fully saturated rings. The van der Waals surface area contributed by atoms with Gasteiger partial charge in [0.2, 0.25) is 5.91 Å². The van der Waals surface area contributed by atoms with Crippen molar-refractivity contribution in [2.24, 2.45) is 5.41 Å².